The summed E-state index contributed by atoms with van der Waals surface area (Å²) in [5.74, 6) is 2.05. The lowest BCUT2D eigenvalue weighted by Gasteiger charge is -2.18. The van der Waals surface area contributed by atoms with E-state index in [0.717, 1.165) is 36.4 Å². The van der Waals surface area contributed by atoms with E-state index < -0.39 is 0 Å². The molecule has 3 aromatic rings. The van der Waals surface area contributed by atoms with Crippen LogP contribution in [0, 0.1) is 12.8 Å². The van der Waals surface area contributed by atoms with Crippen molar-refractivity contribution >= 4 is 22.7 Å². The van der Waals surface area contributed by atoms with Gasteiger partial charge in [-0.2, -0.15) is 5.10 Å². The van der Waals surface area contributed by atoms with Crippen molar-refractivity contribution in [3.05, 3.63) is 42.2 Å². The highest BCUT2D eigenvalue weighted by atomic mass is 16.3. The smallest absolute Gasteiger partial charge is 0.319 e. The SMILES string of the molecule is CCn1ncnc1C(NC(=O)Nc1cccc2cc(C)oc12)C1CC1. The standard InChI is InChI=1S/C18H21N5O2/c1-3-23-17(19-10-20-23)15(12-7-8-12)22-18(24)21-14-6-4-5-13-9-11(2)25-16(13)14/h4-6,9-10,12,15H,3,7-8H2,1-2H3,(H2,21,22,24). The second-order valence-electron chi connectivity index (χ2n) is 6.43. The number of hydrogen-bond acceptors (Lipinski definition) is 4. The number of aromatic nitrogens is 3. The molecule has 130 valence electrons. The third kappa shape index (κ3) is 3.09. The van der Waals surface area contributed by atoms with Crippen LogP contribution >= 0.6 is 0 Å². The molecule has 0 saturated heterocycles. The minimum absolute atomic E-state index is 0.125. The maximum Gasteiger partial charge on any atom is 0.319 e. The fourth-order valence-corrected chi connectivity index (χ4v) is 3.17. The van der Waals surface area contributed by atoms with Crippen LogP contribution in [0.5, 0.6) is 0 Å². The van der Waals surface area contributed by atoms with Crippen LogP contribution in [0.2, 0.25) is 0 Å². The first-order valence-electron chi connectivity index (χ1n) is 8.60. The number of urea groups is 1. The number of nitrogens with zero attached hydrogens (tertiary/aromatic N) is 3. The largest absolute Gasteiger partial charge is 0.459 e. The number of carbonyl (C=O) groups excluding carboxylic acids is 1. The summed E-state index contributed by atoms with van der Waals surface area (Å²) in [7, 11) is 0. The lowest BCUT2D eigenvalue weighted by atomic mass is 10.1. The Bertz CT molecular complexity index is 909. The van der Waals surface area contributed by atoms with E-state index in [1.54, 1.807) is 6.33 Å². The molecule has 2 aromatic heterocycles. The zero-order valence-corrected chi connectivity index (χ0v) is 14.3. The molecule has 1 aliphatic rings. The molecule has 1 aliphatic carbocycles. The zero-order chi connectivity index (χ0) is 17.4. The fraction of sp³-hybridized carbons (Fsp3) is 0.389. The molecule has 7 heteroatoms. The van der Waals surface area contributed by atoms with Gasteiger partial charge in [-0.1, -0.05) is 12.1 Å². The predicted molar refractivity (Wildman–Crippen MR) is 94.3 cm³/mol. The molecule has 7 nitrogen and oxygen atoms in total. The molecule has 0 aliphatic heterocycles. The number of benzene rings is 1. The van der Waals surface area contributed by atoms with Crippen molar-refractivity contribution in [2.75, 3.05) is 5.32 Å². The Kier molecular flexibility index (Phi) is 3.91. The Labute approximate surface area is 145 Å². The Morgan fingerprint density at radius 3 is 3.04 bits per heavy atom. The van der Waals surface area contributed by atoms with Crippen molar-refractivity contribution in [2.45, 2.75) is 39.3 Å². The molecule has 25 heavy (non-hydrogen) atoms. The van der Waals surface area contributed by atoms with Crippen LogP contribution in [0.25, 0.3) is 11.0 Å². The highest BCUT2D eigenvalue weighted by molar-refractivity contribution is 5.99. The van der Waals surface area contributed by atoms with Crippen LogP contribution in [-0.2, 0) is 6.54 Å². The number of furan rings is 1. The lowest BCUT2D eigenvalue weighted by molar-refractivity contribution is 0.246. The topological polar surface area (TPSA) is 85.0 Å². The number of nitrogens with one attached hydrogen (secondary N) is 2. The molecular formula is C18H21N5O2. The van der Waals surface area contributed by atoms with Crippen molar-refractivity contribution in [3.63, 3.8) is 0 Å². The number of carbonyl (C=O) groups is 1. The normalized spacial score (nSPS) is 15.3. The van der Waals surface area contributed by atoms with Gasteiger partial charge in [0.15, 0.2) is 5.58 Å². The van der Waals surface area contributed by atoms with Gasteiger partial charge in [0.05, 0.1) is 11.7 Å². The lowest BCUT2D eigenvalue weighted by Crippen LogP contribution is -2.35. The van der Waals surface area contributed by atoms with Crippen molar-refractivity contribution in [1.29, 1.82) is 0 Å². The monoisotopic (exact) mass is 339 g/mol. The Balaban J connectivity index is 1.54. The van der Waals surface area contributed by atoms with E-state index in [9.17, 15) is 4.79 Å². The van der Waals surface area contributed by atoms with Gasteiger partial charge >= 0.3 is 6.03 Å². The summed E-state index contributed by atoms with van der Waals surface area (Å²) in [4.78, 5) is 16.9. The average Bonchev–Trinajstić information content (AvgIpc) is 3.19. The minimum atomic E-state index is -0.260. The van der Waals surface area contributed by atoms with E-state index >= 15 is 0 Å². The van der Waals surface area contributed by atoms with Crippen LogP contribution in [-0.4, -0.2) is 20.8 Å². The number of amides is 2. The zero-order valence-electron chi connectivity index (χ0n) is 14.3. The first kappa shape index (κ1) is 15.7. The number of para-hydroxylation sites is 1. The number of fused-ring (bicyclic) bond motifs is 1. The molecule has 4 rings (SSSR count). The molecular weight excluding hydrogens is 318 g/mol. The van der Waals surface area contributed by atoms with Crippen LogP contribution in [0.3, 0.4) is 0 Å². The fourth-order valence-electron chi connectivity index (χ4n) is 3.17. The van der Waals surface area contributed by atoms with Gasteiger partial charge in [-0.3, -0.25) is 0 Å². The Morgan fingerprint density at radius 2 is 2.28 bits per heavy atom. The maximum atomic E-state index is 12.6. The second kappa shape index (κ2) is 6.23. The summed E-state index contributed by atoms with van der Waals surface area (Å²) >= 11 is 0. The van der Waals surface area contributed by atoms with Crippen molar-refractivity contribution in [3.8, 4) is 0 Å². The highest BCUT2D eigenvalue weighted by Gasteiger charge is 2.36. The molecule has 1 aromatic carbocycles. The van der Waals surface area contributed by atoms with Gasteiger partial charge in [0.25, 0.3) is 0 Å². The van der Waals surface area contributed by atoms with E-state index in [0.29, 0.717) is 17.2 Å². The minimum Gasteiger partial charge on any atom is -0.459 e. The molecule has 2 amide bonds. The molecule has 0 spiro atoms. The third-order valence-corrected chi connectivity index (χ3v) is 4.52. The van der Waals surface area contributed by atoms with Crippen LogP contribution < -0.4 is 10.6 Å². The molecule has 0 radical (unpaired) electrons. The molecule has 2 N–H and O–H groups in total. The first-order chi connectivity index (χ1) is 12.2. The molecule has 1 saturated carbocycles. The predicted octanol–water partition coefficient (Wildman–Crippen LogP) is 3.63. The van der Waals surface area contributed by atoms with Gasteiger partial charge < -0.3 is 15.1 Å². The molecule has 2 heterocycles. The number of anilines is 1. The third-order valence-electron chi connectivity index (χ3n) is 4.52. The van der Waals surface area contributed by atoms with Crippen LogP contribution in [0.1, 0.15) is 37.4 Å². The van der Waals surface area contributed by atoms with Gasteiger partial charge in [-0.05, 0) is 44.7 Å². The molecule has 0 bridgehead atoms. The van der Waals surface area contributed by atoms with E-state index in [1.807, 2.05) is 42.8 Å². The van der Waals surface area contributed by atoms with E-state index in [-0.39, 0.29) is 12.1 Å². The summed E-state index contributed by atoms with van der Waals surface area (Å²) in [6.07, 6.45) is 3.73. The van der Waals surface area contributed by atoms with Crippen molar-refractivity contribution in [2.24, 2.45) is 5.92 Å². The van der Waals surface area contributed by atoms with Gasteiger partial charge in [0.1, 0.15) is 17.9 Å². The Morgan fingerprint density at radius 1 is 1.44 bits per heavy atom. The first-order valence-corrected chi connectivity index (χ1v) is 8.60. The quantitative estimate of drug-likeness (QED) is 0.743. The van der Waals surface area contributed by atoms with Gasteiger partial charge in [0.2, 0.25) is 0 Å². The molecule has 1 fully saturated rings. The van der Waals surface area contributed by atoms with E-state index in [2.05, 4.69) is 20.7 Å². The summed E-state index contributed by atoms with van der Waals surface area (Å²) < 4.78 is 7.54. The summed E-state index contributed by atoms with van der Waals surface area (Å²) in [5, 5.41) is 11.2. The number of aryl methyl sites for hydroxylation is 2. The summed E-state index contributed by atoms with van der Waals surface area (Å²) in [6.45, 7) is 4.64. The van der Waals surface area contributed by atoms with E-state index in [1.165, 1.54) is 0 Å². The number of rotatable bonds is 5. The van der Waals surface area contributed by atoms with Crippen LogP contribution in [0.15, 0.2) is 35.0 Å². The number of hydrogen-bond donors (Lipinski definition) is 2. The van der Waals surface area contributed by atoms with E-state index in [4.69, 9.17) is 4.42 Å². The van der Waals surface area contributed by atoms with Crippen molar-refractivity contribution in [1.82, 2.24) is 20.1 Å². The Hall–Kier alpha value is -2.83. The maximum absolute atomic E-state index is 12.6. The van der Waals surface area contributed by atoms with Gasteiger partial charge in [-0.15, -0.1) is 0 Å². The van der Waals surface area contributed by atoms with Crippen LogP contribution in [0.4, 0.5) is 10.5 Å². The highest BCUT2D eigenvalue weighted by Crippen LogP contribution is 2.40. The summed E-state index contributed by atoms with van der Waals surface area (Å²) in [6, 6.07) is 7.27. The van der Waals surface area contributed by atoms with Gasteiger partial charge in [-0.25, -0.2) is 14.5 Å². The molecule has 1 unspecified atom stereocenters. The van der Waals surface area contributed by atoms with Gasteiger partial charge in [0, 0.05) is 11.9 Å². The average molecular weight is 339 g/mol. The summed E-state index contributed by atoms with van der Waals surface area (Å²) in [5.41, 5.74) is 1.35. The molecule has 1 atom stereocenters. The second-order valence-corrected chi connectivity index (χ2v) is 6.43. The van der Waals surface area contributed by atoms with Crippen molar-refractivity contribution < 1.29 is 9.21 Å².